The van der Waals surface area contributed by atoms with Gasteiger partial charge in [0.15, 0.2) is 6.29 Å². The molecule has 0 aromatic rings. The number of allylic oxidation sites excluding steroid dienone is 4. The Labute approximate surface area is 346 Å². The number of ether oxygens (including phenoxy) is 2. The maximum atomic E-state index is 13.0. The number of unbranched alkanes of at least 4 members (excludes halogenated alkanes) is 22. The summed E-state index contributed by atoms with van der Waals surface area (Å²) in [5, 5.41) is 75.3. The SMILES string of the molecule is CCCCC/C=C/CCCC(O)C(O)C(COC1OC(CO)C(O)C(O)C1O)NC(=O)C(O)CCCCCCCC/C=C\CCCCCCCCCCCCCC. The van der Waals surface area contributed by atoms with Gasteiger partial charge in [0.1, 0.15) is 36.6 Å². The van der Waals surface area contributed by atoms with Crippen LogP contribution in [0, 0.1) is 0 Å². The zero-order valence-corrected chi connectivity index (χ0v) is 36.1. The van der Waals surface area contributed by atoms with E-state index >= 15 is 0 Å². The van der Waals surface area contributed by atoms with E-state index in [9.17, 15) is 40.5 Å². The van der Waals surface area contributed by atoms with E-state index in [1.54, 1.807) is 0 Å². The van der Waals surface area contributed by atoms with Crippen LogP contribution in [0.3, 0.4) is 0 Å². The molecule has 336 valence electrons. The van der Waals surface area contributed by atoms with Crippen molar-refractivity contribution in [3.8, 4) is 0 Å². The predicted octanol–water partition coefficient (Wildman–Crippen LogP) is 7.45. The van der Waals surface area contributed by atoms with Crippen molar-refractivity contribution in [3.05, 3.63) is 24.3 Å². The van der Waals surface area contributed by atoms with Crippen LogP contribution in [-0.4, -0.2) is 110 Å². The Morgan fingerprint density at radius 2 is 1.04 bits per heavy atom. The molecular formula is C46H87NO10. The fourth-order valence-corrected chi connectivity index (χ4v) is 7.32. The van der Waals surface area contributed by atoms with Crippen LogP contribution in [0.4, 0.5) is 0 Å². The van der Waals surface area contributed by atoms with Gasteiger partial charge in [0.25, 0.3) is 0 Å². The third kappa shape index (κ3) is 26.4. The molecule has 0 radical (unpaired) electrons. The molecule has 0 spiro atoms. The second-order valence-corrected chi connectivity index (χ2v) is 16.5. The van der Waals surface area contributed by atoms with Crippen LogP contribution in [-0.2, 0) is 14.3 Å². The van der Waals surface area contributed by atoms with E-state index in [1.807, 2.05) is 0 Å². The van der Waals surface area contributed by atoms with Crippen LogP contribution < -0.4 is 5.32 Å². The predicted molar refractivity (Wildman–Crippen MR) is 229 cm³/mol. The van der Waals surface area contributed by atoms with Crippen LogP contribution in [0.15, 0.2) is 24.3 Å². The summed E-state index contributed by atoms with van der Waals surface area (Å²) < 4.78 is 11.0. The van der Waals surface area contributed by atoms with E-state index < -0.39 is 74.2 Å². The minimum Gasteiger partial charge on any atom is -0.394 e. The summed E-state index contributed by atoms with van der Waals surface area (Å²) >= 11 is 0. The number of aliphatic hydroxyl groups excluding tert-OH is 7. The Morgan fingerprint density at radius 3 is 1.54 bits per heavy atom. The van der Waals surface area contributed by atoms with Gasteiger partial charge in [-0.1, -0.05) is 154 Å². The zero-order chi connectivity index (χ0) is 41.9. The van der Waals surface area contributed by atoms with Gasteiger partial charge in [-0.2, -0.15) is 0 Å². The summed E-state index contributed by atoms with van der Waals surface area (Å²) in [5.41, 5.74) is 0. The molecule has 57 heavy (non-hydrogen) atoms. The smallest absolute Gasteiger partial charge is 0.249 e. The summed E-state index contributed by atoms with van der Waals surface area (Å²) in [4.78, 5) is 13.0. The van der Waals surface area contributed by atoms with E-state index in [2.05, 4.69) is 43.5 Å². The molecule has 0 bridgehead atoms. The number of aliphatic hydroxyl groups is 7. The molecule has 0 aliphatic carbocycles. The average molecular weight is 814 g/mol. The summed E-state index contributed by atoms with van der Waals surface area (Å²) in [6, 6.07) is -1.18. The van der Waals surface area contributed by atoms with Gasteiger partial charge in [-0.15, -0.1) is 0 Å². The number of hydrogen-bond acceptors (Lipinski definition) is 10. The lowest BCUT2D eigenvalue weighted by atomic mass is 9.98. The highest BCUT2D eigenvalue weighted by molar-refractivity contribution is 5.80. The van der Waals surface area contributed by atoms with Gasteiger partial charge in [0.05, 0.1) is 25.4 Å². The topological polar surface area (TPSA) is 189 Å². The van der Waals surface area contributed by atoms with Crippen molar-refractivity contribution in [2.24, 2.45) is 0 Å². The molecule has 9 atom stereocenters. The molecule has 1 aliphatic heterocycles. The maximum Gasteiger partial charge on any atom is 0.249 e. The normalized spacial score (nSPS) is 22.3. The van der Waals surface area contributed by atoms with Crippen LogP contribution in [0.5, 0.6) is 0 Å². The first-order valence-corrected chi connectivity index (χ1v) is 23.2. The van der Waals surface area contributed by atoms with Crippen LogP contribution in [0.25, 0.3) is 0 Å². The molecule has 11 nitrogen and oxygen atoms in total. The Balaban J connectivity index is 2.36. The molecule has 8 N–H and O–H groups in total. The Bertz CT molecular complexity index is 981. The van der Waals surface area contributed by atoms with Gasteiger partial charge in [-0.3, -0.25) is 4.79 Å². The number of amides is 1. The number of nitrogens with one attached hydrogen (secondary N) is 1. The largest absolute Gasteiger partial charge is 0.394 e. The monoisotopic (exact) mass is 814 g/mol. The third-order valence-corrected chi connectivity index (χ3v) is 11.2. The van der Waals surface area contributed by atoms with Gasteiger partial charge in [0, 0.05) is 0 Å². The highest BCUT2D eigenvalue weighted by Gasteiger charge is 2.44. The number of carbonyl (C=O) groups is 1. The minimum absolute atomic E-state index is 0.247. The van der Waals surface area contributed by atoms with Crippen molar-refractivity contribution < 1.29 is 50.0 Å². The van der Waals surface area contributed by atoms with Crippen LogP contribution in [0.1, 0.15) is 194 Å². The first-order valence-electron chi connectivity index (χ1n) is 23.2. The first-order chi connectivity index (χ1) is 27.7. The fourth-order valence-electron chi connectivity index (χ4n) is 7.32. The molecule has 1 amide bonds. The van der Waals surface area contributed by atoms with Crippen molar-refractivity contribution in [1.29, 1.82) is 0 Å². The molecule has 1 saturated heterocycles. The number of rotatable bonds is 38. The van der Waals surface area contributed by atoms with E-state index in [-0.39, 0.29) is 12.8 Å². The fraction of sp³-hybridized carbons (Fsp3) is 0.891. The highest BCUT2D eigenvalue weighted by atomic mass is 16.7. The molecular weight excluding hydrogens is 727 g/mol. The Kier molecular flexibility index (Phi) is 34.3. The molecule has 11 heteroatoms. The standard InChI is InChI=1S/C46H87NO10/c1-3-5-7-9-11-13-14-15-16-17-18-19-20-21-22-23-24-25-26-28-30-32-34-39(50)45(55)47-37(36-56-46-44(54)43(53)42(52)40(35-48)57-46)41(51)38(49)33-31-29-27-12-10-8-6-4-2/h12,21-22,27,37-44,46,48-54H,3-11,13-20,23-26,28-36H2,1-2H3,(H,47,55)/b22-21-,27-12+. The second-order valence-electron chi connectivity index (χ2n) is 16.5. The van der Waals surface area contributed by atoms with Crippen molar-refractivity contribution in [1.82, 2.24) is 5.32 Å². The van der Waals surface area contributed by atoms with E-state index in [0.717, 1.165) is 64.2 Å². The van der Waals surface area contributed by atoms with Gasteiger partial charge in [0.2, 0.25) is 5.91 Å². The Morgan fingerprint density at radius 1 is 0.596 bits per heavy atom. The van der Waals surface area contributed by atoms with Gasteiger partial charge in [-0.05, 0) is 64.2 Å². The second kappa shape index (κ2) is 36.4. The molecule has 1 heterocycles. The van der Waals surface area contributed by atoms with Crippen LogP contribution in [0.2, 0.25) is 0 Å². The lowest BCUT2D eigenvalue weighted by Gasteiger charge is -2.40. The van der Waals surface area contributed by atoms with E-state index in [4.69, 9.17) is 9.47 Å². The van der Waals surface area contributed by atoms with Crippen molar-refractivity contribution >= 4 is 5.91 Å². The molecule has 9 unspecified atom stereocenters. The van der Waals surface area contributed by atoms with Gasteiger partial charge < -0.3 is 50.5 Å². The Hall–Kier alpha value is -1.41. The third-order valence-electron chi connectivity index (χ3n) is 11.2. The average Bonchev–Trinajstić information content (AvgIpc) is 3.21. The van der Waals surface area contributed by atoms with Gasteiger partial charge >= 0.3 is 0 Å². The number of hydrogen-bond donors (Lipinski definition) is 8. The lowest BCUT2D eigenvalue weighted by Crippen LogP contribution is -2.60. The van der Waals surface area contributed by atoms with Crippen molar-refractivity contribution in [2.45, 2.75) is 249 Å². The molecule has 0 aromatic carbocycles. The lowest BCUT2D eigenvalue weighted by molar-refractivity contribution is -0.303. The summed E-state index contributed by atoms with van der Waals surface area (Å²) in [5.74, 6) is -0.714. The number of carbonyl (C=O) groups excluding carboxylic acids is 1. The minimum atomic E-state index is -1.67. The van der Waals surface area contributed by atoms with E-state index in [0.29, 0.717) is 12.8 Å². The van der Waals surface area contributed by atoms with E-state index in [1.165, 1.54) is 89.9 Å². The van der Waals surface area contributed by atoms with Crippen LogP contribution >= 0.6 is 0 Å². The van der Waals surface area contributed by atoms with Gasteiger partial charge in [-0.25, -0.2) is 0 Å². The summed E-state index contributed by atoms with van der Waals surface area (Å²) in [6.45, 7) is 3.35. The zero-order valence-electron chi connectivity index (χ0n) is 36.1. The first kappa shape index (κ1) is 53.6. The molecule has 0 aromatic heterocycles. The van der Waals surface area contributed by atoms with Crippen molar-refractivity contribution in [2.75, 3.05) is 13.2 Å². The highest BCUT2D eigenvalue weighted by Crippen LogP contribution is 2.23. The molecule has 1 rings (SSSR count). The maximum absolute atomic E-state index is 13.0. The molecule has 1 aliphatic rings. The summed E-state index contributed by atoms with van der Waals surface area (Å²) in [6.07, 6.45) is 28.4. The summed E-state index contributed by atoms with van der Waals surface area (Å²) in [7, 11) is 0. The van der Waals surface area contributed by atoms with Crippen molar-refractivity contribution in [3.63, 3.8) is 0 Å². The quantitative estimate of drug-likeness (QED) is 0.0230. The molecule has 1 fully saturated rings. The molecule has 0 saturated carbocycles.